The van der Waals surface area contributed by atoms with Crippen molar-refractivity contribution in [3.05, 3.63) is 122 Å². The number of hydrogen-bond donors (Lipinski definition) is 1. The highest BCUT2D eigenvalue weighted by atomic mass is 79.9. The van der Waals surface area contributed by atoms with Gasteiger partial charge in [-0.3, -0.25) is 13.9 Å². The van der Waals surface area contributed by atoms with Crippen molar-refractivity contribution >= 4 is 66.7 Å². The van der Waals surface area contributed by atoms with Crippen LogP contribution in [0.1, 0.15) is 37.5 Å². The molecular weight excluding hydrogens is 737 g/mol. The van der Waals surface area contributed by atoms with Crippen molar-refractivity contribution in [1.29, 1.82) is 0 Å². The SMILES string of the molecule is COc1ccc(S(=O)(=O)N(CC(=O)N(Cc2ccc(Cl)c(Cl)c2)[C@@H](Cc2ccccc2)C(=O)NC(C)(C)C)c2ccc(C)cc2)cc1Br. The van der Waals surface area contributed by atoms with Crippen LogP contribution in [0.5, 0.6) is 5.75 Å². The Morgan fingerprint density at radius 2 is 1.56 bits per heavy atom. The van der Waals surface area contributed by atoms with Crippen molar-refractivity contribution in [1.82, 2.24) is 10.2 Å². The minimum atomic E-state index is -4.30. The molecule has 0 unspecified atom stereocenters. The summed E-state index contributed by atoms with van der Waals surface area (Å²) >= 11 is 15.9. The summed E-state index contributed by atoms with van der Waals surface area (Å²) in [5.41, 5.74) is 2.03. The molecule has 0 saturated heterocycles. The Labute approximate surface area is 301 Å². The van der Waals surface area contributed by atoms with Crippen molar-refractivity contribution < 1.29 is 22.7 Å². The van der Waals surface area contributed by atoms with Crippen LogP contribution in [0.3, 0.4) is 0 Å². The third-order valence-electron chi connectivity index (χ3n) is 7.42. The van der Waals surface area contributed by atoms with Crippen molar-refractivity contribution in [3.8, 4) is 5.75 Å². The van der Waals surface area contributed by atoms with E-state index >= 15 is 0 Å². The summed E-state index contributed by atoms with van der Waals surface area (Å²) in [7, 11) is -2.82. The number of nitrogens with zero attached hydrogens (tertiary/aromatic N) is 2. The molecule has 254 valence electrons. The highest BCUT2D eigenvalue weighted by Gasteiger charge is 2.36. The predicted molar refractivity (Wildman–Crippen MR) is 195 cm³/mol. The molecule has 1 atom stereocenters. The van der Waals surface area contributed by atoms with Crippen molar-refractivity contribution in [2.24, 2.45) is 0 Å². The van der Waals surface area contributed by atoms with Gasteiger partial charge in [-0.2, -0.15) is 0 Å². The third kappa shape index (κ3) is 9.53. The molecule has 0 aliphatic rings. The van der Waals surface area contributed by atoms with E-state index in [9.17, 15) is 18.0 Å². The van der Waals surface area contributed by atoms with Gasteiger partial charge >= 0.3 is 0 Å². The maximum Gasteiger partial charge on any atom is 0.264 e. The first kappa shape index (κ1) is 37.3. The number of ether oxygens (including phenoxy) is 1. The van der Waals surface area contributed by atoms with E-state index in [1.54, 1.807) is 42.5 Å². The average molecular weight is 776 g/mol. The number of halogens is 3. The fraction of sp³-hybridized carbons (Fsp3) is 0.278. The fourth-order valence-corrected chi connectivity index (χ4v) is 7.47. The molecule has 8 nitrogen and oxygen atoms in total. The lowest BCUT2D eigenvalue weighted by Gasteiger charge is -2.35. The summed E-state index contributed by atoms with van der Waals surface area (Å²) in [6.45, 7) is 6.82. The van der Waals surface area contributed by atoms with Crippen LogP contribution in [-0.4, -0.2) is 50.4 Å². The quantitative estimate of drug-likeness (QED) is 0.158. The summed E-state index contributed by atoms with van der Waals surface area (Å²) in [6, 6.07) is 24.5. The van der Waals surface area contributed by atoms with Gasteiger partial charge in [-0.15, -0.1) is 0 Å². The molecule has 4 aromatic rings. The van der Waals surface area contributed by atoms with Gasteiger partial charge in [0, 0.05) is 18.5 Å². The summed E-state index contributed by atoms with van der Waals surface area (Å²) in [5, 5.41) is 3.64. The summed E-state index contributed by atoms with van der Waals surface area (Å²) < 4.78 is 35.5. The molecule has 4 aromatic carbocycles. The number of nitrogens with one attached hydrogen (secondary N) is 1. The van der Waals surface area contributed by atoms with Gasteiger partial charge in [-0.05, 0) is 97.2 Å². The largest absolute Gasteiger partial charge is 0.496 e. The number of hydrogen-bond acceptors (Lipinski definition) is 5. The molecule has 0 saturated carbocycles. The first-order valence-electron chi connectivity index (χ1n) is 15.1. The van der Waals surface area contributed by atoms with Gasteiger partial charge in [0.05, 0.1) is 32.2 Å². The molecule has 0 aliphatic carbocycles. The summed E-state index contributed by atoms with van der Waals surface area (Å²) in [4.78, 5) is 30.0. The molecule has 0 radical (unpaired) electrons. The monoisotopic (exact) mass is 773 g/mol. The van der Waals surface area contributed by atoms with Crippen LogP contribution in [0, 0.1) is 6.92 Å². The van der Waals surface area contributed by atoms with Crippen molar-refractivity contribution in [2.75, 3.05) is 18.0 Å². The minimum absolute atomic E-state index is 0.0410. The van der Waals surface area contributed by atoms with Crippen LogP contribution < -0.4 is 14.4 Å². The lowest BCUT2D eigenvalue weighted by atomic mass is 10.0. The maximum atomic E-state index is 14.6. The van der Waals surface area contributed by atoms with E-state index in [0.29, 0.717) is 20.8 Å². The maximum absolute atomic E-state index is 14.6. The normalized spacial score (nSPS) is 12.2. The molecule has 1 N–H and O–H groups in total. The first-order chi connectivity index (χ1) is 22.6. The van der Waals surface area contributed by atoms with Gasteiger partial charge in [-0.25, -0.2) is 8.42 Å². The van der Waals surface area contributed by atoms with Crippen LogP contribution in [0.15, 0.2) is 100 Å². The van der Waals surface area contributed by atoms with Gasteiger partial charge in [0.15, 0.2) is 0 Å². The number of sulfonamides is 1. The number of aryl methyl sites for hydroxylation is 1. The molecule has 0 aromatic heterocycles. The zero-order valence-corrected chi connectivity index (χ0v) is 31.3. The lowest BCUT2D eigenvalue weighted by molar-refractivity contribution is -0.140. The number of carbonyl (C=O) groups is 2. The molecular formula is C36H38BrCl2N3O5S. The Bertz CT molecular complexity index is 1870. The zero-order chi connectivity index (χ0) is 35.2. The van der Waals surface area contributed by atoms with E-state index in [0.717, 1.165) is 15.4 Å². The van der Waals surface area contributed by atoms with Crippen LogP contribution in [0.25, 0.3) is 0 Å². The van der Waals surface area contributed by atoms with E-state index < -0.39 is 34.1 Å². The molecule has 0 aliphatic heterocycles. The topological polar surface area (TPSA) is 96.0 Å². The van der Waals surface area contributed by atoms with Crippen LogP contribution in [0.4, 0.5) is 5.69 Å². The summed E-state index contributed by atoms with van der Waals surface area (Å²) in [6.07, 6.45) is 0.179. The summed E-state index contributed by atoms with van der Waals surface area (Å²) in [5.74, 6) is -0.528. The predicted octanol–water partition coefficient (Wildman–Crippen LogP) is 7.82. The second kappa shape index (κ2) is 15.8. The standard InChI is InChI=1S/C36H38BrCl2N3O5S/c1-24-11-14-27(15-12-24)42(48(45,46)28-16-18-33(47-5)29(37)21-28)23-34(43)41(22-26-13-17-30(38)31(39)19-26)32(35(44)40-36(2,3)4)20-25-9-7-6-8-10-25/h6-19,21,32H,20,22-23H2,1-5H3,(H,40,44)/t32-/m0/s1. The lowest BCUT2D eigenvalue weighted by Crippen LogP contribution is -2.56. The molecule has 12 heteroatoms. The van der Waals surface area contributed by atoms with E-state index in [-0.39, 0.29) is 34.5 Å². The van der Waals surface area contributed by atoms with Crippen LogP contribution in [0.2, 0.25) is 10.0 Å². The molecule has 0 spiro atoms. The van der Waals surface area contributed by atoms with Gasteiger partial charge in [0.2, 0.25) is 11.8 Å². The van der Waals surface area contributed by atoms with Gasteiger partial charge in [0.25, 0.3) is 10.0 Å². The number of methoxy groups -OCH3 is 1. The minimum Gasteiger partial charge on any atom is -0.496 e. The highest BCUT2D eigenvalue weighted by molar-refractivity contribution is 9.10. The molecule has 0 fully saturated rings. The fourth-order valence-electron chi connectivity index (χ4n) is 5.02. The first-order valence-corrected chi connectivity index (χ1v) is 18.1. The van der Waals surface area contributed by atoms with Crippen molar-refractivity contribution in [3.63, 3.8) is 0 Å². The molecule has 2 amide bonds. The van der Waals surface area contributed by atoms with Crippen molar-refractivity contribution in [2.45, 2.75) is 57.1 Å². The highest BCUT2D eigenvalue weighted by Crippen LogP contribution is 2.31. The number of rotatable bonds is 12. The van der Waals surface area contributed by atoms with E-state index in [1.165, 1.54) is 30.2 Å². The Balaban J connectivity index is 1.84. The molecule has 48 heavy (non-hydrogen) atoms. The number of amides is 2. The average Bonchev–Trinajstić information content (AvgIpc) is 3.03. The Morgan fingerprint density at radius 1 is 0.896 bits per heavy atom. The Hall–Kier alpha value is -3.57. The molecule has 4 rings (SSSR count). The van der Waals surface area contributed by atoms with E-state index in [2.05, 4.69) is 21.2 Å². The third-order valence-corrected chi connectivity index (χ3v) is 10.5. The van der Waals surface area contributed by atoms with Crippen LogP contribution >= 0.6 is 39.1 Å². The smallest absolute Gasteiger partial charge is 0.264 e. The molecule has 0 heterocycles. The van der Waals surface area contributed by atoms with E-state index in [4.69, 9.17) is 27.9 Å². The number of benzene rings is 4. The Kier molecular flexibility index (Phi) is 12.2. The number of carbonyl (C=O) groups excluding carboxylic acids is 2. The Morgan fingerprint density at radius 3 is 2.15 bits per heavy atom. The van der Waals surface area contributed by atoms with Gasteiger partial charge in [-0.1, -0.05) is 77.3 Å². The second-order valence-electron chi connectivity index (χ2n) is 12.4. The molecule has 0 bridgehead atoms. The second-order valence-corrected chi connectivity index (χ2v) is 15.9. The van der Waals surface area contributed by atoms with Crippen LogP contribution in [-0.2, 0) is 32.6 Å². The zero-order valence-electron chi connectivity index (χ0n) is 27.3. The van der Waals surface area contributed by atoms with Gasteiger partial charge in [0.1, 0.15) is 18.3 Å². The van der Waals surface area contributed by atoms with Gasteiger partial charge < -0.3 is 15.0 Å². The number of anilines is 1. The van der Waals surface area contributed by atoms with E-state index in [1.807, 2.05) is 58.0 Å².